The second-order valence-electron chi connectivity index (χ2n) is 8.29. The van der Waals surface area contributed by atoms with Gasteiger partial charge in [0.15, 0.2) is 0 Å². The number of hydrogen-bond donors (Lipinski definition) is 1. The number of rotatable bonds is 9. The fourth-order valence-corrected chi connectivity index (χ4v) is 3.47. The summed E-state index contributed by atoms with van der Waals surface area (Å²) < 4.78 is 11.8. The molecule has 0 bridgehead atoms. The molecule has 4 aromatic rings. The van der Waals surface area contributed by atoms with Crippen LogP contribution in [-0.4, -0.2) is 29.0 Å². The van der Waals surface area contributed by atoms with E-state index in [1.54, 1.807) is 37.3 Å². The smallest absolute Gasteiger partial charge is 0.373 e. The first-order valence-electron chi connectivity index (χ1n) is 11.3. The van der Waals surface area contributed by atoms with E-state index in [0.29, 0.717) is 16.9 Å². The van der Waals surface area contributed by atoms with Gasteiger partial charge in [0.05, 0.1) is 16.6 Å². The van der Waals surface area contributed by atoms with Crippen LogP contribution in [0.5, 0.6) is 23.4 Å². The van der Waals surface area contributed by atoms with E-state index >= 15 is 0 Å². The summed E-state index contributed by atoms with van der Waals surface area (Å²) in [6, 6.07) is 23.4. The van der Waals surface area contributed by atoms with Crippen molar-refractivity contribution in [1.82, 2.24) is 9.97 Å². The van der Waals surface area contributed by atoms with Gasteiger partial charge in [0.25, 0.3) is 0 Å². The largest absolute Gasteiger partial charge is 0.433 e. The molecule has 0 saturated carbocycles. The van der Waals surface area contributed by atoms with Crippen LogP contribution < -0.4 is 19.7 Å². The normalized spacial score (nSPS) is 10.3. The highest BCUT2D eigenvalue weighted by molar-refractivity contribution is 5.63. The number of nitriles is 1. The van der Waals surface area contributed by atoms with Gasteiger partial charge in [0.2, 0.25) is 5.82 Å². The molecule has 186 valence electrons. The summed E-state index contributed by atoms with van der Waals surface area (Å²) in [5.41, 5.74) is 2.50. The van der Waals surface area contributed by atoms with Crippen LogP contribution in [0.15, 0.2) is 72.8 Å². The van der Waals surface area contributed by atoms with Gasteiger partial charge < -0.3 is 19.7 Å². The van der Waals surface area contributed by atoms with Gasteiger partial charge in [-0.2, -0.15) is 15.2 Å². The summed E-state index contributed by atoms with van der Waals surface area (Å²) >= 11 is 0. The Morgan fingerprint density at radius 2 is 1.76 bits per heavy atom. The Hall–Kier alpha value is -5.17. The molecule has 1 aromatic heterocycles. The first kappa shape index (κ1) is 24.9. The van der Waals surface area contributed by atoms with Gasteiger partial charge in [-0.05, 0) is 48.4 Å². The monoisotopic (exact) mass is 496 g/mol. The average molecular weight is 497 g/mol. The lowest BCUT2D eigenvalue weighted by Gasteiger charge is -2.15. The van der Waals surface area contributed by atoms with Crippen molar-refractivity contribution in [3.63, 3.8) is 0 Å². The minimum atomic E-state index is -0.602. The van der Waals surface area contributed by atoms with Crippen molar-refractivity contribution in [3.05, 3.63) is 99.6 Å². The van der Waals surface area contributed by atoms with E-state index in [2.05, 4.69) is 21.4 Å². The van der Waals surface area contributed by atoms with Crippen LogP contribution >= 0.6 is 0 Å². The zero-order valence-electron chi connectivity index (χ0n) is 20.5. The number of anilines is 2. The van der Waals surface area contributed by atoms with Gasteiger partial charge in [0, 0.05) is 32.4 Å². The summed E-state index contributed by atoms with van der Waals surface area (Å²) in [5, 5.41) is 24.3. The molecule has 10 heteroatoms. The maximum atomic E-state index is 12.1. The Labute approximate surface area is 213 Å². The fraction of sp³-hybridized carbons (Fsp3) is 0.148. The molecule has 0 fully saturated rings. The molecule has 0 unspecified atom stereocenters. The molecule has 10 nitrogen and oxygen atoms in total. The van der Waals surface area contributed by atoms with Crippen LogP contribution in [0, 0.1) is 28.4 Å². The topological polar surface area (TPSA) is 126 Å². The zero-order chi connectivity index (χ0) is 26.4. The summed E-state index contributed by atoms with van der Waals surface area (Å²) in [4.78, 5) is 22.0. The summed E-state index contributed by atoms with van der Waals surface area (Å²) in [7, 11) is 3.80. The highest BCUT2D eigenvalue weighted by Crippen LogP contribution is 2.38. The van der Waals surface area contributed by atoms with Crippen LogP contribution in [-0.2, 0) is 6.54 Å². The minimum Gasteiger partial charge on any atom is -0.433 e. The van der Waals surface area contributed by atoms with Crippen molar-refractivity contribution < 1.29 is 14.4 Å². The van der Waals surface area contributed by atoms with Crippen molar-refractivity contribution >= 4 is 17.2 Å². The highest BCUT2D eigenvalue weighted by Gasteiger charge is 2.28. The third kappa shape index (κ3) is 6.10. The lowest BCUT2D eigenvalue weighted by molar-refractivity contribution is -0.385. The van der Waals surface area contributed by atoms with E-state index in [1.807, 2.05) is 61.5 Å². The first-order valence-corrected chi connectivity index (χ1v) is 11.3. The third-order valence-electron chi connectivity index (χ3n) is 5.39. The number of nitro groups is 1. The van der Waals surface area contributed by atoms with Crippen molar-refractivity contribution in [2.45, 2.75) is 13.5 Å². The molecule has 1 heterocycles. The molecule has 0 aliphatic carbocycles. The number of benzene rings is 3. The molecule has 0 atom stereocenters. The summed E-state index contributed by atoms with van der Waals surface area (Å²) in [6.07, 6.45) is 0. The molecular formula is C27H24N6O4. The third-order valence-corrected chi connectivity index (χ3v) is 5.39. The molecule has 3 aromatic carbocycles. The predicted octanol–water partition coefficient (Wildman–Crippen LogP) is 5.83. The number of hydrogen-bond acceptors (Lipinski definition) is 9. The molecule has 37 heavy (non-hydrogen) atoms. The number of ether oxygens (including phenoxy) is 2. The van der Waals surface area contributed by atoms with E-state index in [4.69, 9.17) is 9.47 Å². The van der Waals surface area contributed by atoms with Crippen molar-refractivity contribution in [1.29, 1.82) is 5.26 Å². The molecule has 4 rings (SSSR count). The van der Waals surface area contributed by atoms with Crippen LogP contribution in [0.2, 0.25) is 0 Å². The standard InChI is InChI=1S/C27H24N6O4/c1-18-14-23(13-12-20(18)16-28)36-26-24(33(34)35)25(29-17-19-8-5-4-6-9-19)30-27(31-26)37-22-11-7-10-21(15-22)32(2)3/h4-15H,17H2,1-3H3,(H,29,30,31). The van der Waals surface area contributed by atoms with Gasteiger partial charge >= 0.3 is 17.6 Å². The van der Waals surface area contributed by atoms with Crippen LogP contribution in [0.4, 0.5) is 17.2 Å². The van der Waals surface area contributed by atoms with Gasteiger partial charge in [0.1, 0.15) is 11.5 Å². The van der Waals surface area contributed by atoms with E-state index < -0.39 is 10.6 Å². The minimum absolute atomic E-state index is 0.0528. The Kier molecular flexibility index (Phi) is 7.45. The van der Waals surface area contributed by atoms with Crippen molar-refractivity contribution in [2.24, 2.45) is 0 Å². The number of nitrogens with zero attached hydrogens (tertiary/aromatic N) is 5. The predicted molar refractivity (Wildman–Crippen MR) is 139 cm³/mol. The number of nitrogens with one attached hydrogen (secondary N) is 1. The number of aryl methyl sites for hydroxylation is 1. The molecule has 0 radical (unpaired) electrons. The first-order chi connectivity index (χ1) is 17.8. The van der Waals surface area contributed by atoms with Crippen molar-refractivity contribution in [2.75, 3.05) is 24.3 Å². The molecule has 0 aliphatic rings. The van der Waals surface area contributed by atoms with Gasteiger partial charge in [-0.3, -0.25) is 10.1 Å². The summed E-state index contributed by atoms with van der Waals surface area (Å²) in [6.45, 7) is 2.03. The summed E-state index contributed by atoms with van der Waals surface area (Å²) in [5.74, 6) is 0.392. The van der Waals surface area contributed by atoms with Gasteiger partial charge in [-0.15, -0.1) is 0 Å². The zero-order valence-corrected chi connectivity index (χ0v) is 20.5. The Morgan fingerprint density at radius 1 is 1.00 bits per heavy atom. The maximum Gasteiger partial charge on any atom is 0.373 e. The van der Waals surface area contributed by atoms with E-state index in [0.717, 1.165) is 11.3 Å². The molecule has 0 aliphatic heterocycles. The van der Waals surface area contributed by atoms with E-state index in [9.17, 15) is 15.4 Å². The van der Waals surface area contributed by atoms with Gasteiger partial charge in [-0.25, -0.2) is 0 Å². The quantitative estimate of drug-likeness (QED) is 0.225. The van der Waals surface area contributed by atoms with E-state index in [-0.39, 0.29) is 30.0 Å². The average Bonchev–Trinajstić information content (AvgIpc) is 2.88. The molecule has 0 spiro atoms. The lowest BCUT2D eigenvalue weighted by Crippen LogP contribution is -2.09. The second-order valence-corrected chi connectivity index (χ2v) is 8.29. The number of aromatic nitrogens is 2. The van der Waals surface area contributed by atoms with E-state index in [1.165, 1.54) is 0 Å². The van der Waals surface area contributed by atoms with Crippen LogP contribution in [0.3, 0.4) is 0 Å². The second kappa shape index (κ2) is 11.0. The van der Waals surface area contributed by atoms with Crippen molar-refractivity contribution in [3.8, 4) is 29.5 Å². The molecular weight excluding hydrogens is 472 g/mol. The van der Waals surface area contributed by atoms with Crippen LogP contribution in [0.1, 0.15) is 16.7 Å². The van der Waals surface area contributed by atoms with Crippen LogP contribution in [0.25, 0.3) is 0 Å². The Balaban J connectivity index is 1.76. The fourth-order valence-electron chi connectivity index (χ4n) is 3.47. The van der Waals surface area contributed by atoms with Gasteiger partial charge in [-0.1, -0.05) is 36.4 Å². The Bertz CT molecular complexity index is 1470. The lowest BCUT2D eigenvalue weighted by atomic mass is 10.1. The molecule has 1 N–H and O–H groups in total. The molecule has 0 amide bonds. The maximum absolute atomic E-state index is 12.1. The Morgan fingerprint density at radius 3 is 2.43 bits per heavy atom. The molecule has 0 saturated heterocycles. The highest BCUT2D eigenvalue weighted by atomic mass is 16.6. The SMILES string of the molecule is Cc1cc(Oc2nc(Oc3cccc(N(C)C)c3)nc(NCc3ccccc3)c2[N+](=O)[O-])ccc1C#N.